The summed E-state index contributed by atoms with van der Waals surface area (Å²) in [5.74, 6) is 2.10. The van der Waals surface area contributed by atoms with E-state index in [1.54, 1.807) is 30.2 Å². The van der Waals surface area contributed by atoms with Crippen LogP contribution in [0.1, 0.15) is 68.3 Å². The van der Waals surface area contributed by atoms with Crippen molar-refractivity contribution in [3.05, 3.63) is 29.2 Å². The zero-order valence-corrected chi connectivity index (χ0v) is 18.3. The van der Waals surface area contributed by atoms with E-state index in [1.165, 1.54) is 0 Å². The van der Waals surface area contributed by atoms with Gasteiger partial charge in [-0.3, -0.25) is 9.59 Å². The van der Waals surface area contributed by atoms with Gasteiger partial charge >= 0.3 is 0 Å². The maximum absolute atomic E-state index is 13.4. The molecule has 0 saturated heterocycles. The third-order valence-corrected chi connectivity index (χ3v) is 7.88. The highest BCUT2D eigenvalue weighted by Crippen LogP contribution is 2.55. The molecule has 7 rings (SSSR count). The lowest BCUT2D eigenvalue weighted by molar-refractivity contribution is -0.125. The second-order valence-corrected chi connectivity index (χ2v) is 10.5. The summed E-state index contributed by atoms with van der Waals surface area (Å²) in [6.07, 6.45) is 12.3. The number of hydrogen-bond acceptors (Lipinski definition) is 4. The molecule has 0 radical (unpaired) electrons. The Bertz CT molecular complexity index is 1040. The molecule has 2 N–H and O–H groups in total. The Morgan fingerprint density at radius 1 is 1.13 bits per heavy atom. The van der Waals surface area contributed by atoms with Crippen molar-refractivity contribution in [2.75, 3.05) is 0 Å². The number of rotatable bonds is 5. The minimum Gasteiger partial charge on any atom is -0.351 e. The smallest absolute Gasteiger partial charge is 0.256 e. The number of amides is 2. The first-order valence-corrected chi connectivity index (χ1v) is 11.7. The average Bonchev–Trinajstić information content (AvgIpc) is 3.29. The molecular weight excluding hydrogens is 416 g/mol. The molecule has 0 aliphatic heterocycles. The van der Waals surface area contributed by atoms with Gasteiger partial charge in [-0.1, -0.05) is 11.6 Å². The third-order valence-electron chi connectivity index (χ3n) is 7.69. The van der Waals surface area contributed by atoms with Crippen LogP contribution in [-0.2, 0) is 4.79 Å². The molecule has 2 aromatic rings. The fourth-order valence-corrected chi connectivity index (χ4v) is 6.90. The monoisotopic (exact) mass is 442 g/mol. The fraction of sp³-hybridized carbons (Fsp3) is 0.636. The highest BCUT2D eigenvalue weighted by Gasteiger charge is 2.56. The molecule has 2 atom stereocenters. The van der Waals surface area contributed by atoms with Crippen molar-refractivity contribution in [1.29, 1.82) is 0 Å². The molecule has 9 heteroatoms. The van der Waals surface area contributed by atoms with Crippen LogP contribution in [0.3, 0.4) is 0 Å². The van der Waals surface area contributed by atoms with Crippen LogP contribution >= 0.6 is 11.6 Å². The van der Waals surface area contributed by atoms with Gasteiger partial charge in [0.25, 0.3) is 5.91 Å². The van der Waals surface area contributed by atoms with Crippen LogP contribution in [0.15, 0.2) is 18.6 Å². The molecule has 2 amide bonds. The van der Waals surface area contributed by atoms with E-state index < -0.39 is 0 Å². The van der Waals surface area contributed by atoms with Crippen LogP contribution in [0.25, 0.3) is 5.82 Å². The van der Waals surface area contributed by atoms with Gasteiger partial charge in [0.05, 0.1) is 29.7 Å². The first kappa shape index (κ1) is 19.3. The van der Waals surface area contributed by atoms with Gasteiger partial charge in [-0.25, -0.2) is 9.36 Å². The van der Waals surface area contributed by atoms with Gasteiger partial charge in [-0.15, -0.1) is 0 Å². The average molecular weight is 443 g/mol. The molecule has 0 aromatic carbocycles. The largest absolute Gasteiger partial charge is 0.351 e. The van der Waals surface area contributed by atoms with Crippen molar-refractivity contribution in [3.63, 3.8) is 0 Å². The first-order chi connectivity index (χ1) is 14.9. The molecular formula is C22H27ClN6O2. The molecule has 4 bridgehead atoms. The van der Waals surface area contributed by atoms with Gasteiger partial charge in [-0.2, -0.15) is 10.2 Å². The topological polar surface area (TPSA) is 93.8 Å². The van der Waals surface area contributed by atoms with Gasteiger partial charge in [-0.05, 0) is 62.7 Å². The van der Waals surface area contributed by atoms with E-state index in [0.717, 1.165) is 44.9 Å². The molecule has 8 nitrogen and oxygen atoms in total. The molecule has 2 heterocycles. The molecule has 5 saturated carbocycles. The van der Waals surface area contributed by atoms with Gasteiger partial charge in [0, 0.05) is 18.5 Å². The number of nitrogens with zero attached hydrogens (tertiary/aromatic N) is 4. The van der Waals surface area contributed by atoms with Gasteiger partial charge in [0.1, 0.15) is 5.56 Å². The minimum atomic E-state index is -0.0976. The van der Waals surface area contributed by atoms with Crippen molar-refractivity contribution in [2.24, 2.45) is 17.8 Å². The van der Waals surface area contributed by atoms with E-state index in [9.17, 15) is 9.59 Å². The number of carbonyl (C=O) groups is 2. The maximum Gasteiger partial charge on any atom is 0.256 e. The van der Waals surface area contributed by atoms with E-state index >= 15 is 0 Å². The number of carbonyl (C=O) groups excluding carboxylic acids is 2. The molecule has 0 unspecified atom stereocenters. The Hall–Kier alpha value is -2.35. The quantitative estimate of drug-likeness (QED) is 0.744. The van der Waals surface area contributed by atoms with E-state index in [4.69, 9.17) is 11.6 Å². The highest BCUT2D eigenvalue weighted by atomic mass is 35.5. The Morgan fingerprint density at radius 3 is 2.48 bits per heavy atom. The summed E-state index contributed by atoms with van der Waals surface area (Å²) in [6, 6.07) is 0.461. The normalized spacial score (nSPS) is 33.5. The predicted octanol–water partition coefficient (Wildman–Crippen LogP) is 2.87. The summed E-state index contributed by atoms with van der Waals surface area (Å²) in [5.41, 5.74) is 0.467. The van der Waals surface area contributed by atoms with Crippen LogP contribution in [0.5, 0.6) is 0 Å². The summed E-state index contributed by atoms with van der Waals surface area (Å²) >= 11 is 6.10. The first-order valence-electron chi connectivity index (χ1n) is 11.3. The molecule has 5 aliphatic carbocycles. The molecule has 2 aromatic heterocycles. The second kappa shape index (κ2) is 6.82. The van der Waals surface area contributed by atoms with Crippen molar-refractivity contribution in [2.45, 2.75) is 69.5 Å². The molecule has 5 fully saturated rings. The fourth-order valence-electron chi connectivity index (χ4n) is 6.76. The number of hydrogen-bond donors (Lipinski definition) is 2. The number of halogens is 1. The molecule has 164 valence electrons. The molecule has 5 aliphatic rings. The summed E-state index contributed by atoms with van der Waals surface area (Å²) in [7, 11) is 0. The lowest BCUT2D eigenvalue weighted by Gasteiger charge is -2.60. The van der Waals surface area contributed by atoms with E-state index in [0.29, 0.717) is 40.2 Å². The Morgan fingerprint density at radius 2 is 1.87 bits per heavy atom. The second-order valence-electron chi connectivity index (χ2n) is 10.1. The Balaban J connectivity index is 1.26. The van der Waals surface area contributed by atoms with Crippen LogP contribution in [-0.4, -0.2) is 43.0 Å². The molecule has 31 heavy (non-hydrogen) atoms. The summed E-state index contributed by atoms with van der Waals surface area (Å²) in [4.78, 5) is 25.2. The molecule has 0 spiro atoms. The van der Waals surface area contributed by atoms with Crippen LogP contribution in [0.2, 0.25) is 5.02 Å². The Kier molecular flexibility index (Phi) is 4.26. The van der Waals surface area contributed by atoms with Crippen molar-refractivity contribution < 1.29 is 9.59 Å². The van der Waals surface area contributed by atoms with Crippen molar-refractivity contribution >= 4 is 23.4 Å². The minimum absolute atomic E-state index is 0.0533. The number of aromatic nitrogens is 4. The van der Waals surface area contributed by atoms with Gasteiger partial charge in [0.15, 0.2) is 5.82 Å². The van der Waals surface area contributed by atoms with Crippen molar-refractivity contribution in [3.8, 4) is 5.82 Å². The van der Waals surface area contributed by atoms with Crippen LogP contribution in [0, 0.1) is 17.8 Å². The maximum atomic E-state index is 13.4. The van der Waals surface area contributed by atoms with E-state index in [2.05, 4.69) is 20.8 Å². The zero-order valence-electron chi connectivity index (χ0n) is 17.6. The zero-order chi connectivity index (χ0) is 21.3. The van der Waals surface area contributed by atoms with E-state index in [-0.39, 0.29) is 23.4 Å². The van der Waals surface area contributed by atoms with Crippen LogP contribution in [0.4, 0.5) is 0 Å². The summed E-state index contributed by atoms with van der Waals surface area (Å²) in [5, 5.41) is 16.0. The predicted molar refractivity (Wildman–Crippen MR) is 114 cm³/mol. The summed E-state index contributed by atoms with van der Waals surface area (Å²) < 4.78 is 3.56. The lowest BCUT2D eigenvalue weighted by Crippen LogP contribution is -2.66. The number of nitrogens with one attached hydrogen (secondary N) is 2. The van der Waals surface area contributed by atoms with Gasteiger partial charge < -0.3 is 10.6 Å². The van der Waals surface area contributed by atoms with Gasteiger partial charge in [0.2, 0.25) is 5.91 Å². The van der Waals surface area contributed by atoms with Crippen molar-refractivity contribution in [1.82, 2.24) is 30.2 Å². The third kappa shape index (κ3) is 3.26. The standard InChI is InChI=1S/C22H27ClN6O2/c1-12(30)27-22-6-13-4-14(7-22)19(15(5-13)8-22)26-20(31)18-10-25-29(17-2-3-17)21(18)28-11-16(23)9-24-28/h9-11,13-15,17,19H,2-8H2,1H3,(H,26,31)(H,27,30)/t13?,14-,15-,19?,22?/m0/s1. The summed E-state index contributed by atoms with van der Waals surface area (Å²) in [6.45, 7) is 1.61. The Labute approximate surface area is 185 Å². The van der Waals surface area contributed by atoms with Crippen LogP contribution < -0.4 is 10.6 Å². The highest BCUT2D eigenvalue weighted by molar-refractivity contribution is 6.30. The lowest BCUT2D eigenvalue weighted by atomic mass is 9.51. The van der Waals surface area contributed by atoms with E-state index in [1.807, 2.05) is 4.68 Å². The SMILES string of the molecule is CC(=O)NC12CC3C[C@@H](C1)C(NC(=O)c1cnn(C4CC4)c1-n1cc(Cl)cn1)[C@@H](C3)C2.